The molecule has 5 nitrogen and oxygen atoms in total. The average Bonchev–Trinajstić information content (AvgIpc) is 2.46. The summed E-state index contributed by atoms with van der Waals surface area (Å²) < 4.78 is 6.30. The van der Waals surface area contributed by atoms with Crippen molar-refractivity contribution in [3.05, 3.63) is 11.8 Å². The lowest BCUT2D eigenvalue weighted by Crippen LogP contribution is -2.11. The highest BCUT2D eigenvalue weighted by atomic mass is 16.5. The van der Waals surface area contributed by atoms with Crippen LogP contribution in [0.5, 0.6) is 5.88 Å². The van der Waals surface area contributed by atoms with E-state index in [4.69, 9.17) is 9.84 Å². The maximum Gasteiger partial charge on any atom is 0.325 e. The molecule has 0 amide bonds. The van der Waals surface area contributed by atoms with Crippen LogP contribution in [0.1, 0.15) is 12.6 Å². The van der Waals surface area contributed by atoms with E-state index in [1.54, 1.807) is 6.07 Å². The van der Waals surface area contributed by atoms with Crippen molar-refractivity contribution in [1.29, 1.82) is 0 Å². The maximum absolute atomic E-state index is 10.4. The second-order valence-electron chi connectivity index (χ2n) is 2.58. The second-order valence-corrected chi connectivity index (χ2v) is 2.58. The number of hydrogen-bond donors (Lipinski definition) is 1. The van der Waals surface area contributed by atoms with Gasteiger partial charge < -0.3 is 9.84 Å². The smallest absolute Gasteiger partial charge is 0.325 e. The molecule has 0 aliphatic rings. The number of methoxy groups -OCH3 is 1. The summed E-state index contributed by atoms with van der Waals surface area (Å²) in [5.41, 5.74) is 0.832. The van der Waals surface area contributed by atoms with Gasteiger partial charge in [-0.3, -0.25) is 4.79 Å². The SMILES string of the molecule is CCc1cc(OC)n(CC(=O)O)n1. The molecule has 1 rings (SSSR count). The second kappa shape index (κ2) is 3.93. The Balaban J connectivity index is 2.90. The van der Waals surface area contributed by atoms with E-state index in [9.17, 15) is 4.79 Å². The third-order valence-electron chi connectivity index (χ3n) is 1.65. The van der Waals surface area contributed by atoms with E-state index in [1.165, 1.54) is 11.8 Å². The maximum atomic E-state index is 10.4. The van der Waals surface area contributed by atoms with Gasteiger partial charge >= 0.3 is 5.97 Å². The third-order valence-corrected chi connectivity index (χ3v) is 1.65. The van der Waals surface area contributed by atoms with E-state index in [-0.39, 0.29) is 6.54 Å². The highest BCUT2D eigenvalue weighted by molar-refractivity contribution is 5.66. The summed E-state index contributed by atoms with van der Waals surface area (Å²) in [5.74, 6) is -0.441. The molecule has 0 spiro atoms. The summed E-state index contributed by atoms with van der Waals surface area (Å²) in [6.07, 6.45) is 0.767. The molecular formula is C8H12N2O3. The van der Waals surface area contributed by atoms with Gasteiger partial charge in [0.15, 0.2) is 0 Å². The van der Waals surface area contributed by atoms with Gasteiger partial charge in [-0.05, 0) is 6.42 Å². The van der Waals surface area contributed by atoms with E-state index in [1.807, 2.05) is 6.92 Å². The summed E-state index contributed by atoms with van der Waals surface area (Å²) in [6, 6.07) is 1.74. The number of carboxylic acids is 1. The largest absolute Gasteiger partial charge is 0.481 e. The zero-order valence-electron chi connectivity index (χ0n) is 7.65. The number of nitrogens with zero attached hydrogens (tertiary/aromatic N) is 2. The first-order chi connectivity index (χ1) is 6.17. The van der Waals surface area contributed by atoms with Gasteiger partial charge in [0.25, 0.3) is 0 Å². The molecule has 0 saturated carbocycles. The van der Waals surface area contributed by atoms with Crippen molar-refractivity contribution in [2.45, 2.75) is 19.9 Å². The molecule has 0 aromatic carbocycles. The Labute approximate surface area is 75.9 Å². The van der Waals surface area contributed by atoms with Crippen LogP contribution in [-0.4, -0.2) is 28.0 Å². The van der Waals surface area contributed by atoms with Crippen molar-refractivity contribution in [2.24, 2.45) is 0 Å². The molecule has 1 aromatic heterocycles. The number of aromatic nitrogens is 2. The molecule has 1 heterocycles. The summed E-state index contributed by atoms with van der Waals surface area (Å²) >= 11 is 0. The first-order valence-electron chi connectivity index (χ1n) is 4.00. The lowest BCUT2D eigenvalue weighted by molar-refractivity contribution is -0.138. The van der Waals surface area contributed by atoms with Gasteiger partial charge in [0.05, 0.1) is 12.8 Å². The molecule has 0 atom stereocenters. The van der Waals surface area contributed by atoms with Crippen LogP contribution in [-0.2, 0) is 17.8 Å². The molecule has 0 fully saturated rings. The van der Waals surface area contributed by atoms with Crippen LogP contribution in [0.15, 0.2) is 6.07 Å². The molecule has 13 heavy (non-hydrogen) atoms. The van der Waals surface area contributed by atoms with Gasteiger partial charge in [0.2, 0.25) is 5.88 Å². The highest BCUT2D eigenvalue weighted by Gasteiger charge is 2.09. The molecule has 0 bridgehead atoms. The van der Waals surface area contributed by atoms with Crippen LogP contribution in [0.2, 0.25) is 0 Å². The van der Waals surface area contributed by atoms with Crippen LogP contribution < -0.4 is 4.74 Å². The predicted molar refractivity (Wildman–Crippen MR) is 45.8 cm³/mol. The molecule has 72 valence electrons. The summed E-state index contributed by atoms with van der Waals surface area (Å²) in [6.45, 7) is 1.79. The van der Waals surface area contributed by atoms with Crippen LogP contribution in [0, 0.1) is 0 Å². The Morgan fingerprint density at radius 3 is 2.92 bits per heavy atom. The Hall–Kier alpha value is -1.52. The molecule has 0 radical (unpaired) electrons. The molecule has 5 heteroatoms. The van der Waals surface area contributed by atoms with E-state index < -0.39 is 5.97 Å². The fourth-order valence-electron chi connectivity index (χ4n) is 1.03. The van der Waals surface area contributed by atoms with E-state index in [2.05, 4.69) is 5.10 Å². The van der Waals surface area contributed by atoms with Crippen molar-refractivity contribution in [1.82, 2.24) is 9.78 Å². The number of rotatable bonds is 4. The summed E-state index contributed by atoms with van der Waals surface area (Å²) in [7, 11) is 1.49. The summed E-state index contributed by atoms with van der Waals surface area (Å²) in [4.78, 5) is 10.4. The van der Waals surface area contributed by atoms with Crippen LogP contribution >= 0.6 is 0 Å². The van der Waals surface area contributed by atoms with Crippen molar-refractivity contribution < 1.29 is 14.6 Å². The van der Waals surface area contributed by atoms with Gasteiger partial charge in [-0.25, -0.2) is 4.68 Å². The van der Waals surface area contributed by atoms with Gasteiger partial charge in [0.1, 0.15) is 6.54 Å². The van der Waals surface area contributed by atoms with E-state index >= 15 is 0 Å². The highest BCUT2D eigenvalue weighted by Crippen LogP contribution is 2.12. The van der Waals surface area contributed by atoms with Crippen LogP contribution in [0.3, 0.4) is 0 Å². The molecule has 1 N–H and O–H groups in total. The van der Waals surface area contributed by atoms with Gasteiger partial charge in [-0.2, -0.15) is 5.10 Å². The Bertz CT molecular complexity index is 306. The topological polar surface area (TPSA) is 64.3 Å². The van der Waals surface area contributed by atoms with Crippen molar-refractivity contribution in [3.63, 3.8) is 0 Å². The first kappa shape index (κ1) is 9.57. The van der Waals surface area contributed by atoms with Gasteiger partial charge in [-0.1, -0.05) is 6.92 Å². The minimum absolute atomic E-state index is 0.164. The number of aryl methyl sites for hydroxylation is 1. The fraction of sp³-hybridized carbons (Fsp3) is 0.500. The van der Waals surface area contributed by atoms with Crippen molar-refractivity contribution in [2.75, 3.05) is 7.11 Å². The van der Waals surface area contributed by atoms with Crippen molar-refractivity contribution in [3.8, 4) is 5.88 Å². The van der Waals surface area contributed by atoms with Crippen molar-refractivity contribution >= 4 is 5.97 Å². The number of carboxylic acid groups (broad SMARTS) is 1. The lowest BCUT2D eigenvalue weighted by atomic mass is 10.3. The minimum Gasteiger partial charge on any atom is -0.481 e. The van der Waals surface area contributed by atoms with Crippen LogP contribution in [0.25, 0.3) is 0 Å². The number of hydrogen-bond acceptors (Lipinski definition) is 3. The van der Waals surface area contributed by atoms with E-state index in [0.29, 0.717) is 5.88 Å². The summed E-state index contributed by atoms with van der Waals surface area (Å²) in [5, 5.41) is 12.6. The third kappa shape index (κ3) is 2.21. The van der Waals surface area contributed by atoms with Crippen LogP contribution in [0.4, 0.5) is 0 Å². The molecule has 0 unspecified atom stereocenters. The van der Waals surface area contributed by atoms with E-state index in [0.717, 1.165) is 12.1 Å². The fourth-order valence-corrected chi connectivity index (χ4v) is 1.03. The normalized spacial score (nSPS) is 10.0. The number of carbonyl (C=O) groups is 1. The van der Waals surface area contributed by atoms with Gasteiger partial charge in [-0.15, -0.1) is 0 Å². The van der Waals surface area contributed by atoms with Gasteiger partial charge in [0, 0.05) is 6.07 Å². The Morgan fingerprint density at radius 1 is 1.77 bits per heavy atom. The number of ether oxygens (including phenoxy) is 1. The molecule has 1 aromatic rings. The quantitative estimate of drug-likeness (QED) is 0.741. The monoisotopic (exact) mass is 184 g/mol. The zero-order chi connectivity index (χ0) is 9.84. The first-order valence-corrected chi connectivity index (χ1v) is 4.00. The average molecular weight is 184 g/mol. The molecule has 0 aliphatic carbocycles. The lowest BCUT2D eigenvalue weighted by Gasteiger charge is -2.01. The predicted octanol–water partition coefficient (Wildman–Crippen LogP) is 0.539. The zero-order valence-corrected chi connectivity index (χ0v) is 7.65. The standard InChI is InChI=1S/C8H12N2O3/c1-3-6-4-7(13-2)10(9-6)5-8(11)12/h4H,3,5H2,1-2H3,(H,11,12). The molecular weight excluding hydrogens is 172 g/mol. The minimum atomic E-state index is -0.927. The molecule has 0 aliphatic heterocycles. The molecule has 0 saturated heterocycles. The Morgan fingerprint density at radius 2 is 2.46 bits per heavy atom. The Kier molecular flexibility index (Phi) is 2.89. The number of aliphatic carboxylic acids is 1.